The Kier molecular flexibility index (Phi) is 5.20. The van der Waals surface area contributed by atoms with E-state index in [2.05, 4.69) is 24.4 Å². The van der Waals surface area contributed by atoms with E-state index < -0.39 is 5.97 Å². The fourth-order valence-corrected chi connectivity index (χ4v) is 2.69. The zero-order valence-electron chi connectivity index (χ0n) is 12.3. The number of carbonyl (C=O) groups excluding carboxylic acids is 1. The lowest BCUT2D eigenvalue weighted by atomic mass is 10.1. The highest BCUT2D eigenvalue weighted by Crippen LogP contribution is 2.20. The van der Waals surface area contributed by atoms with Crippen LogP contribution in [-0.2, 0) is 17.8 Å². The zero-order valence-corrected chi connectivity index (χ0v) is 12.3. The summed E-state index contributed by atoms with van der Waals surface area (Å²) < 4.78 is 0. The van der Waals surface area contributed by atoms with E-state index in [1.165, 1.54) is 5.56 Å². The first-order valence-corrected chi connectivity index (χ1v) is 7.44. The normalized spacial score (nSPS) is 17.8. The summed E-state index contributed by atoms with van der Waals surface area (Å²) in [6, 6.07) is 7.80. The number of hydrogen-bond donors (Lipinski definition) is 2. The summed E-state index contributed by atoms with van der Waals surface area (Å²) in [5.74, 6) is -0.852. The molecule has 0 saturated carbocycles. The molecule has 1 unspecified atom stereocenters. The predicted octanol–water partition coefficient (Wildman–Crippen LogP) is 2.40. The molecule has 0 aromatic heterocycles. The maximum absolute atomic E-state index is 12.2. The number of likely N-dealkylation sites (tertiary alicyclic amines) is 1. The van der Waals surface area contributed by atoms with Gasteiger partial charge in [-0.05, 0) is 30.4 Å². The third-order valence-electron chi connectivity index (χ3n) is 3.92. The molecule has 2 amide bonds. The lowest BCUT2D eigenvalue weighted by molar-refractivity contribution is -0.137. The topological polar surface area (TPSA) is 69.6 Å². The highest BCUT2D eigenvalue weighted by molar-refractivity contribution is 5.76. The van der Waals surface area contributed by atoms with Gasteiger partial charge in [0.15, 0.2) is 0 Å². The van der Waals surface area contributed by atoms with Gasteiger partial charge < -0.3 is 15.3 Å². The molecule has 1 atom stereocenters. The molecule has 5 nitrogen and oxygen atoms in total. The van der Waals surface area contributed by atoms with E-state index in [4.69, 9.17) is 5.11 Å². The molecule has 0 bridgehead atoms. The van der Waals surface area contributed by atoms with Gasteiger partial charge in [0, 0.05) is 19.1 Å². The number of aliphatic carboxylic acids is 1. The molecule has 1 aliphatic heterocycles. The molecule has 1 aromatic carbocycles. The summed E-state index contributed by atoms with van der Waals surface area (Å²) in [6.07, 6.45) is 2.66. The van der Waals surface area contributed by atoms with Crippen LogP contribution in [0.4, 0.5) is 4.79 Å². The first-order chi connectivity index (χ1) is 10.1. The van der Waals surface area contributed by atoms with Crippen LogP contribution in [-0.4, -0.2) is 34.6 Å². The second-order valence-electron chi connectivity index (χ2n) is 5.42. The average molecular weight is 290 g/mol. The van der Waals surface area contributed by atoms with E-state index in [0.717, 1.165) is 24.8 Å². The number of carboxylic acid groups (broad SMARTS) is 1. The molecule has 1 fully saturated rings. The number of urea groups is 1. The highest BCUT2D eigenvalue weighted by atomic mass is 16.4. The molecule has 5 heteroatoms. The van der Waals surface area contributed by atoms with Gasteiger partial charge in [0.1, 0.15) is 0 Å². The van der Waals surface area contributed by atoms with E-state index in [0.29, 0.717) is 13.1 Å². The van der Waals surface area contributed by atoms with Crippen LogP contribution in [0.3, 0.4) is 0 Å². The van der Waals surface area contributed by atoms with E-state index >= 15 is 0 Å². The summed E-state index contributed by atoms with van der Waals surface area (Å²) in [4.78, 5) is 24.6. The Morgan fingerprint density at radius 2 is 1.95 bits per heavy atom. The third-order valence-corrected chi connectivity index (χ3v) is 3.92. The number of nitrogens with zero attached hydrogens (tertiary/aromatic N) is 1. The zero-order chi connectivity index (χ0) is 15.2. The van der Waals surface area contributed by atoms with Gasteiger partial charge in [0.2, 0.25) is 0 Å². The van der Waals surface area contributed by atoms with Crippen LogP contribution >= 0.6 is 0 Å². The Bertz CT molecular complexity index is 499. The average Bonchev–Trinajstić information content (AvgIpc) is 2.92. The number of rotatable bonds is 5. The second-order valence-corrected chi connectivity index (χ2v) is 5.42. The number of hydrogen-bond acceptors (Lipinski definition) is 2. The lowest BCUT2D eigenvalue weighted by Gasteiger charge is -2.23. The van der Waals surface area contributed by atoms with E-state index in [-0.39, 0.29) is 18.5 Å². The molecule has 21 heavy (non-hydrogen) atoms. The minimum atomic E-state index is -0.852. The molecule has 0 radical (unpaired) electrons. The fourth-order valence-electron chi connectivity index (χ4n) is 2.69. The number of nitrogens with one attached hydrogen (secondary N) is 1. The minimum Gasteiger partial charge on any atom is -0.481 e. The molecule has 2 N–H and O–H groups in total. The van der Waals surface area contributed by atoms with Gasteiger partial charge in [-0.15, -0.1) is 0 Å². The Labute approximate surface area is 125 Å². The van der Waals surface area contributed by atoms with Crippen LogP contribution in [0.15, 0.2) is 24.3 Å². The first-order valence-electron chi connectivity index (χ1n) is 7.44. The highest BCUT2D eigenvalue weighted by Gasteiger charge is 2.30. The largest absolute Gasteiger partial charge is 0.481 e. The van der Waals surface area contributed by atoms with Gasteiger partial charge in [-0.25, -0.2) is 4.79 Å². The summed E-state index contributed by atoms with van der Waals surface area (Å²) in [5, 5.41) is 11.7. The first kappa shape index (κ1) is 15.4. The van der Waals surface area contributed by atoms with Crippen LogP contribution in [0, 0.1) is 0 Å². The smallest absolute Gasteiger partial charge is 0.317 e. The number of carbonyl (C=O) groups is 2. The predicted molar refractivity (Wildman–Crippen MR) is 80.0 cm³/mol. The van der Waals surface area contributed by atoms with Crippen molar-refractivity contribution in [1.29, 1.82) is 0 Å². The molecular formula is C16H22N2O3. The molecule has 114 valence electrons. The molecule has 1 aromatic rings. The summed E-state index contributed by atoms with van der Waals surface area (Å²) >= 11 is 0. The van der Waals surface area contributed by atoms with Crippen LogP contribution in [0.25, 0.3) is 0 Å². The van der Waals surface area contributed by atoms with Gasteiger partial charge in [0.25, 0.3) is 0 Å². The summed E-state index contributed by atoms with van der Waals surface area (Å²) in [6.45, 7) is 3.21. The van der Waals surface area contributed by atoms with Crippen molar-refractivity contribution in [2.75, 3.05) is 6.54 Å². The monoisotopic (exact) mass is 290 g/mol. The van der Waals surface area contributed by atoms with Gasteiger partial charge in [-0.3, -0.25) is 4.79 Å². The van der Waals surface area contributed by atoms with Crippen molar-refractivity contribution in [3.8, 4) is 0 Å². The molecule has 2 rings (SSSR count). The van der Waals surface area contributed by atoms with Crippen molar-refractivity contribution in [3.63, 3.8) is 0 Å². The van der Waals surface area contributed by atoms with Crippen LogP contribution < -0.4 is 5.32 Å². The van der Waals surface area contributed by atoms with E-state index in [9.17, 15) is 9.59 Å². The standard InChI is InChI=1S/C16H22N2O3/c1-2-12-5-7-13(8-6-12)11-17-16(21)18-9-3-4-14(18)10-15(19)20/h5-8,14H,2-4,9-11H2,1H3,(H,17,21)(H,19,20). The maximum Gasteiger partial charge on any atom is 0.317 e. The van der Waals surface area contributed by atoms with Gasteiger partial charge in [-0.2, -0.15) is 0 Å². The SMILES string of the molecule is CCc1ccc(CNC(=O)N2CCCC2CC(=O)O)cc1. The minimum absolute atomic E-state index is 0.0264. The number of amides is 2. The van der Waals surface area contributed by atoms with Crippen molar-refractivity contribution in [1.82, 2.24) is 10.2 Å². The molecule has 0 spiro atoms. The summed E-state index contributed by atoms with van der Waals surface area (Å²) in [7, 11) is 0. The molecule has 0 aliphatic carbocycles. The van der Waals surface area contributed by atoms with Crippen LogP contribution in [0.5, 0.6) is 0 Å². The third kappa shape index (κ3) is 4.21. The molecule has 1 saturated heterocycles. The van der Waals surface area contributed by atoms with Crippen molar-refractivity contribution >= 4 is 12.0 Å². The Hall–Kier alpha value is -2.04. The Balaban J connectivity index is 1.87. The maximum atomic E-state index is 12.2. The number of carboxylic acids is 1. The summed E-state index contributed by atoms with van der Waals surface area (Å²) in [5.41, 5.74) is 2.32. The van der Waals surface area contributed by atoms with Gasteiger partial charge >= 0.3 is 12.0 Å². The Morgan fingerprint density at radius 1 is 1.29 bits per heavy atom. The van der Waals surface area contributed by atoms with E-state index in [1.54, 1.807) is 4.90 Å². The van der Waals surface area contributed by atoms with Crippen LogP contribution in [0.1, 0.15) is 37.3 Å². The van der Waals surface area contributed by atoms with Gasteiger partial charge in [-0.1, -0.05) is 31.2 Å². The number of aryl methyl sites for hydroxylation is 1. The molecular weight excluding hydrogens is 268 g/mol. The van der Waals surface area contributed by atoms with Crippen molar-refractivity contribution in [2.24, 2.45) is 0 Å². The lowest BCUT2D eigenvalue weighted by Crippen LogP contribution is -2.43. The molecule has 1 aliphatic rings. The quantitative estimate of drug-likeness (QED) is 0.875. The van der Waals surface area contributed by atoms with Crippen molar-refractivity contribution in [2.45, 2.75) is 45.2 Å². The van der Waals surface area contributed by atoms with E-state index in [1.807, 2.05) is 12.1 Å². The Morgan fingerprint density at radius 3 is 2.57 bits per heavy atom. The van der Waals surface area contributed by atoms with Crippen molar-refractivity contribution < 1.29 is 14.7 Å². The molecule has 1 heterocycles. The van der Waals surface area contributed by atoms with Gasteiger partial charge in [0.05, 0.1) is 6.42 Å². The van der Waals surface area contributed by atoms with Crippen molar-refractivity contribution in [3.05, 3.63) is 35.4 Å². The van der Waals surface area contributed by atoms with Crippen LogP contribution in [0.2, 0.25) is 0 Å². The number of benzene rings is 1. The fraction of sp³-hybridized carbons (Fsp3) is 0.500. The second kappa shape index (κ2) is 7.11.